The molecule has 12 nitrogen and oxygen atoms in total. The Bertz CT molecular complexity index is 3080. The van der Waals surface area contributed by atoms with E-state index >= 15 is 0 Å². The summed E-state index contributed by atoms with van der Waals surface area (Å²) in [6.07, 6.45) is 1.13. The maximum atomic E-state index is 14.2. The average Bonchev–Trinajstić information content (AvgIpc) is 3.92. The molecule has 0 radical (unpaired) electrons. The van der Waals surface area contributed by atoms with Crippen LogP contribution < -0.4 is 0 Å². The van der Waals surface area contributed by atoms with Gasteiger partial charge in [0.05, 0.1) is 12.1 Å². The average molecular weight is 1020 g/mol. The van der Waals surface area contributed by atoms with Crippen molar-refractivity contribution in [1.29, 1.82) is 0 Å². The summed E-state index contributed by atoms with van der Waals surface area (Å²) in [6, 6.07) is 32.3. The van der Waals surface area contributed by atoms with Crippen molar-refractivity contribution >= 4 is 18.1 Å². The van der Waals surface area contributed by atoms with E-state index in [-0.39, 0.29) is 35.2 Å². The summed E-state index contributed by atoms with van der Waals surface area (Å²) >= 11 is 0. The highest BCUT2D eigenvalue weighted by Crippen LogP contribution is 2.42. The van der Waals surface area contributed by atoms with Crippen LogP contribution in [-0.2, 0) is 31.9 Å². The molecule has 7 aromatic rings. The van der Waals surface area contributed by atoms with Crippen molar-refractivity contribution in [2.75, 3.05) is 26.7 Å². The molecule has 18 heteroatoms. The minimum Gasteiger partial charge on any atom is -0.438 e. The second-order valence-corrected chi connectivity index (χ2v) is 18.5. The van der Waals surface area contributed by atoms with Crippen LogP contribution in [0.3, 0.4) is 0 Å². The van der Waals surface area contributed by atoms with E-state index in [0.717, 1.165) is 23.3 Å². The first-order valence-electron chi connectivity index (χ1n) is 24.0. The molecule has 1 aromatic heterocycles. The van der Waals surface area contributed by atoms with Crippen LogP contribution >= 0.6 is 0 Å². The van der Waals surface area contributed by atoms with Crippen molar-refractivity contribution in [2.45, 2.75) is 76.2 Å². The fraction of sp³-hybridized carbons (Fsp3) is 0.286. The molecule has 2 saturated heterocycles. The molecule has 9 rings (SSSR count). The summed E-state index contributed by atoms with van der Waals surface area (Å²) in [5.74, 6) is -2.93. The lowest BCUT2D eigenvalue weighted by molar-refractivity contribution is -0.128. The van der Waals surface area contributed by atoms with Gasteiger partial charge in [0.25, 0.3) is 0 Å². The lowest BCUT2D eigenvalue weighted by Crippen LogP contribution is -2.49. The van der Waals surface area contributed by atoms with Crippen molar-refractivity contribution in [1.82, 2.24) is 35.3 Å². The third-order valence-corrected chi connectivity index (χ3v) is 14.0. The van der Waals surface area contributed by atoms with E-state index in [4.69, 9.17) is 9.47 Å². The maximum Gasteiger partial charge on any atom is 0.411 e. The van der Waals surface area contributed by atoms with Gasteiger partial charge in [0.1, 0.15) is 46.1 Å². The molecule has 0 unspecified atom stereocenters. The molecule has 1 N–H and O–H groups in total. The van der Waals surface area contributed by atoms with E-state index < -0.39 is 46.7 Å². The molecule has 3 amide bonds. The van der Waals surface area contributed by atoms with Crippen molar-refractivity contribution in [3.05, 3.63) is 196 Å². The number of amides is 3. The number of carbonyl (C=O) groups excluding carboxylic acids is 3. The molecule has 2 aliphatic rings. The Labute approximate surface area is 423 Å². The Morgan fingerprint density at radius 1 is 0.622 bits per heavy atom. The zero-order valence-electron chi connectivity index (χ0n) is 41.0. The van der Waals surface area contributed by atoms with E-state index in [1.54, 1.807) is 82.4 Å². The molecule has 0 bridgehead atoms. The first-order chi connectivity index (χ1) is 35.4. The number of nitrogens with zero attached hydrogens (tertiary/aromatic N) is 6. The number of benzene rings is 6. The van der Waals surface area contributed by atoms with E-state index in [9.17, 15) is 40.7 Å². The molecule has 3 heterocycles. The van der Waals surface area contributed by atoms with Crippen LogP contribution in [0.15, 0.2) is 133 Å². The highest BCUT2D eigenvalue weighted by Gasteiger charge is 2.45. The van der Waals surface area contributed by atoms with Crippen molar-refractivity contribution in [3.63, 3.8) is 0 Å². The van der Waals surface area contributed by atoms with Gasteiger partial charge in [0.2, 0.25) is 5.91 Å². The number of tetrazole rings is 1. The van der Waals surface area contributed by atoms with Crippen LogP contribution in [-0.4, -0.2) is 80.1 Å². The first kappa shape index (κ1) is 52.3. The number of cyclic esters (lactones) is 2. The van der Waals surface area contributed by atoms with E-state index in [0.29, 0.717) is 85.4 Å². The number of nitrogens with one attached hydrogen (secondary N) is 1. The van der Waals surface area contributed by atoms with E-state index in [1.807, 2.05) is 26.0 Å². The molecule has 2 fully saturated rings. The van der Waals surface area contributed by atoms with Gasteiger partial charge in [-0.05, 0) is 102 Å². The number of aryl methyl sites for hydroxylation is 1. The predicted molar refractivity (Wildman–Crippen MR) is 263 cm³/mol. The molecule has 6 aromatic carbocycles. The van der Waals surface area contributed by atoms with Gasteiger partial charge < -0.3 is 24.2 Å². The highest BCUT2D eigenvalue weighted by atomic mass is 19.2. The molecule has 2 aliphatic heterocycles. The minimum atomic E-state index is -0.991. The molecule has 0 aliphatic carbocycles. The van der Waals surface area contributed by atoms with Crippen LogP contribution in [0.25, 0.3) is 22.3 Å². The first-order valence-corrected chi connectivity index (χ1v) is 24.0. The molecule has 4 atom stereocenters. The van der Waals surface area contributed by atoms with E-state index in [1.165, 1.54) is 55.5 Å². The van der Waals surface area contributed by atoms with Gasteiger partial charge in [0, 0.05) is 82.5 Å². The number of carbonyl (C=O) groups is 3. The van der Waals surface area contributed by atoms with Crippen LogP contribution in [0.4, 0.5) is 35.9 Å². The van der Waals surface area contributed by atoms with Crippen LogP contribution in [0.1, 0.15) is 86.6 Å². The van der Waals surface area contributed by atoms with Crippen LogP contribution in [0, 0.1) is 34.9 Å². The fourth-order valence-corrected chi connectivity index (χ4v) is 9.39. The van der Waals surface area contributed by atoms with Crippen molar-refractivity contribution in [3.8, 4) is 22.3 Å². The maximum absolute atomic E-state index is 14.2. The molecule has 384 valence electrons. The second-order valence-electron chi connectivity index (χ2n) is 18.5. The molecular formula is C56H53F6N7O5. The van der Waals surface area contributed by atoms with E-state index in [2.05, 4.69) is 20.6 Å². The number of ether oxygens (including phenoxy) is 2. The molecule has 0 saturated carbocycles. The zero-order chi connectivity index (χ0) is 52.7. The Hall–Kier alpha value is -8.02. The summed E-state index contributed by atoms with van der Waals surface area (Å²) < 4.78 is 94.2. The van der Waals surface area contributed by atoms with Crippen molar-refractivity contribution < 1.29 is 50.2 Å². The SMILES string of the molecule is CC(=O)N(C)CC[C@]1(c2ccc(F)cc2)CCN([C@@H](C)c2ccc(-c3ccc(F)cc3F)cc2)C(=O)O1.C[C@@H](c1ccc(-c2ccc(F)cc2F)cc1)N1CC[C@](CCc2nn[nH]n2)(c2ccc(F)cc2)OC1=O. The summed E-state index contributed by atoms with van der Waals surface area (Å²) in [6.45, 7) is 6.39. The number of aromatic amines is 1. The van der Waals surface area contributed by atoms with Crippen LogP contribution in [0.5, 0.6) is 0 Å². The van der Waals surface area contributed by atoms with Gasteiger partial charge in [-0.2, -0.15) is 5.21 Å². The van der Waals surface area contributed by atoms with Gasteiger partial charge in [0.15, 0.2) is 5.82 Å². The number of rotatable bonds is 14. The number of hydrogen-bond donors (Lipinski definition) is 1. The quantitative estimate of drug-likeness (QED) is 0.106. The Morgan fingerprint density at radius 2 is 1.04 bits per heavy atom. The summed E-state index contributed by atoms with van der Waals surface area (Å²) in [7, 11) is 1.68. The normalized spacial score (nSPS) is 18.4. The van der Waals surface area contributed by atoms with Crippen molar-refractivity contribution in [2.24, 2.45) is 0 Å². The largest absolute Gasteiger partial charge is 0.438 e. The zero-order valence-corrected chi connectivity index (χ0v) is 41.0. The smallest absolute Gasteiger partial charge is 0.411 e. The standard InChI is InChI=1S/C29H29F3N2O3.C27H24F3N5O2/c1-19(21-4-6-22(7-5-21)26-13-12-25(31)18-27(26)32)34-17-15-29(37-28(34)36,14-16-33(3)20(2)35)23-8-10-24(30)11-9-23;1-17(18-2-4-19(5-3-18)23-11-10-22(29)16-24(23)30)35-15-14-27(37-26(35)36,13-12-25-31-33-34-32-25)20-6-8-21(28)9-7-20/h4-13,18-19H,14-17H2,1-3H3;2-11,16-17H,12-15H2,1H3,(H,31,32,33,34)/t19-,29+;17-,27+/m00/s1. The predicted octanol–water partition coefficient (Wildman–Crippen LogP) is 12.2. The number of aromatic nitrogens is 4. The summed E-state index contributed by atoms with van der Waals surface area (Å²) in [5.41, 5.74) is 2.87. The highest BCUT2D eigenvalue weighted by molar-refractivity contribution is 5.73. The van der Waals surface area contributed by atoms with Gasteiger partial charge in [-0.15, -0.1) is 10.2 Å². The van der Waals surface area contributed by atoms with Gasteiger partial charge in [-0.25, -0.2) is 35.9 Å². The Morgan fingerprint density at radius 3 is 1.42 bits per heavy atom. The minimum absolute atomic E-state index is 0.101. The number of H-pyrrole nitrogens is 1. The summed E-state index contributed by atoms with van der Waals surface area (Å²) in [4.78, 5) is 43.1. The molecule has 74 heavy (non-hydrogen) atoms. The molecular weight excluding hydrogens is 965 g/mol. The summed E-state index contributed by atoms with van der Waals surface area (Å²) in [5, 5.41) is 13.9. The lowest BCUT2D eigenvalue weighted by Gasteiger charge is -2.44. The second kappa shape index (κ2) is 22.4. The third-order valence-electron chi connectivity index (χ3n) is 14.0. The van der Waals surface area contributed by atoms with Crippen LogP contribution in [0.2, 0.25) is 0 Å². The lowest BCUT2D eigenvalue weighted by atomic mass is 9.84. The number of halogens is 6. The topological polar surface area (TPSA) is 134 Å². The van der Waals surface area contributed by atoms with Gasteiger partial charge >= 0.3 is 12.2 Å². The monoisotopic (exact) mass is 1020 g/mol. The van der Waals surface area contributed by atoms with Gasteiger partial charge in [-0.1, -0.05) is 78.0 Å². The Balaban J connectivity index is 0.000000197. The Kier molecular flexibility index (Phi) is 15.8. The molecule has 0 spiro atoms. The number of hydrogen-bond acceptors (Lipinski definition) is 8. The third kappa shape index (κ3) is 11.7. The van der Waals surface area contributed by atoms with Gasteiger partial charge in [-0.3, -0.25) is 4.79 Å². The fourth-order valence-electron chi connectivity index (χ4n) is 9.39.